The van der Waals surface area contributed by atoms with Gasteiger partial charge in [-0.1, -0.05) is 36.2 Å². The lowest BCUT2D eigenvalue weighted by molar-refractivity contribution is -0.124. The molecule has 1 aliphatic rings. The van der Waals surface area contributed by atoms with Crippen LogP contribution >= 0.6 is 11.6 Å². The van der Waals surface area contributed by atoms with Gasteiger partial charge in [0.1, 0.15) is 0 Å². The second-order valence-corrected chi connectivity index (χ2v) is 4.69. The zero-order chi connectivity index (χ0) is 11.4. The Labute approximate surface area is 101 Å². The standard InChI is InChI=1S/C13H16ClNO/c14-12-7-2-1-5-10(12)9-11-6-3-4-8-15-13(11)16/h1-2,5,7,11H,3-4,6,8-9H2,(H,15,16). The van der Waals surface area contributed by atoms with Gasteiger partial charge in [-0.15, -0.1) is 0 Å². The molecular formula is C13H16ClNO. The van der Waals surface area contributed by atoms with Gasteiger partial charge < -0.3 is 5.32 Å². The van der Waals surface area contributed by atoms with Gasteiger partial charge in [0, 0.05) is 17.5 Å². The van der Waals surface area contributed by atoms with Crippen molar-refractivity contribution in [2.75, 3.05) is 6.54 Å². The highest BCUT2D eigenvalue weighted by Crippen LogP contribution is 2.22. The van der Waals surface area contributed by atoms with Crippen molar-refractivity contribution in [2.45, 2.75) is 25.7 Å². The molecule has 0 radical (unpaired) electrons. The molecule has 1 N–H and O–H groups in total. The second kappa shape index (κ2) is 5.35. The smallest absolute Gasteiger partial charge is 0.223 e. The summed E-state index contributed by atoms with van der Waals surface area (Å²) in [7, 11) is 0. The molecule has 1 aliphatic heterocycles. The molecule has 0 spiro atoms. The first-order chi connectivity index (χ1) is 7.77. The average molecular weight is 238 g/mol. The number of hydrogen-bond acceptors (Lipinski definition) is 1. The molecular weight excluding hydrogens is 222 g/mol. The van der Waals surface area contributed by atoms with Crippen LogP contribution in [-0.4, -0.2) is 12.5 Å². The lowest BCUT2D eigenvalue weighted by Gasteiger charge is -2.13. The number of amides is 1. The van der Waals surface area contributed by atoms with Gasteiger partial charge in [-0.05, 0) is 30.9 Å². The Bertz CT molecular complexity index is 378. The first kappa shape index (κ1) is 11.5. The van der Waals surface area contributed by atoms with E-state index in [2.05, 4.69) is 5.32 Å². The summed E-state index contributed by atoms with van der Waals surface area (Å²) < 4.78 is 0. The van der Waals surface area contributed by atoms with Gasteiger partial charge in [0.05, 0.1) is 0 Å². The van der Waals surface area contributed by atoms with Crippen molar-refractivity contribution in [1.29, 1.82) is 0 Å². The van der Waals surface area contributed by atoms with Gasteiger partial charge in [0.2, 0.25) is 5.91 Å². The molecule has 0 bridgehead atoms. The van der Waals surface area contributed by atoms with Crippen LogP contribution in [0.4, 0.5) is 0 Å². The largest absolute Gasteiger partial charge is 0.356 e. The van der Waals surface area contributed by atoms with E-state index in [0.29, 0.717) is 0 Å². The minimum absolute atomic E-state index is 0.0856. The van der Waals surface area contributed by atoms with Crippen molar-refractivity contribution in [3.8, 4) is 0 Å². The third kappa shape index (κ3) is 2.76. The van der Waals surface area contributed by atoms with E-state index >= 15 is 0 Å². The molecule has 1 heterocycles. The van der Waals surface area contributed by atoms with E-state index in [0.717, 1.165) is 42.8 Å². The molecule has 0 aliphatic carbocycles. The number of carbonyl (C=O) groups excluding carboxylic acids is 1. The summed E-state index contributed by atoms with van der Waals surface area (Å²) in [5.41, 5.74) is 1.08. The highest BCUT2D eigenvalue weighted by Gasteiger charge is 2.21. The Morgan fingerprint density at radius 1 is 1.31 bits per heavy atom. The fourth-order valence-corrected chi connectivity index (χ4v) is 2.34. The van der Waals surface area contributed by atoms with Gasteiger partial charge >= 0.3 is 0 Å². The SMILES string of the molecule is O=C1NCCCCC1Cc1ccccc1Cl. The average Bonchev–Trinajstić information content (AvgIpc) is 2.48. The van der Waals surface area contributed by atoms with Gasteiger partial charge in [-0.2, -0.15) is 0 Å². The van der Waals surface area contributed by atoms with Crippen LogP contribution in [0.2, 0.25) is 5.02 Å². The Balaban J connectivity index is 2.08. The Hall–Kier alpha value is -1.02. The lowest BCUT2D eigenvalue weighted by atomic mass is 9.94. The highest BCUT2D eigenvalue weighted by atomic mass is 35.5. The third-order valence-electron chi connectivity index (χ3n) is 3.07. The van der Waals surface area contributed by atoms with Crippen molar-refractivity contribution >= 4 is 17.5 Å². The Morgan fingerprint density at radius 2 is 2.12 bits per heavy atom. The van der Waals surface area contributed by atoms with Crippen LogP contribution in [0.1, 0.15) is 24.8 Å². The van der Waals surface area contributed by atoms with E-state index in [4.69, 9.17) is 11.6 Å². The number of carbonyl (C=O) groups is 1. The maximum atomic E-state index is 11.8. The van der Waals surface area contributed by atoms with E-state index in [1.807, 2.05) is 24.3 Å². The molecule has 3 heteroatoms. The first-order valence-corrected chi connectivity index (χ1v) is 6.16. The van der Waals surface area contributed by atoms with Crippen LogP contribution in [0.15, 0.2) is 24.3 Å². The fraction of sp³-hybridized carbons (Fsp3) is 0.462. The van der Waals surface area contributed by atoms with E-state index < -0.39 is 0 Å². The Kier molecular flexibility index (Phi) is 3.83. The monoisotopic (exact) mass is 237 g/mol. The van der Waals surface area contributed by atoms with Crippen LogP contribution in [0.3, 0.4) is 0 Å². The maximum absolute atomic E-state index is 11.8. The number of hydrogen-bond donors (Lipinski definition) is 1. The van der Waals surface area contributed by atoms with Crippen LogP contribution in [0, 0.1) is 5.92 Å². The molecule has 1 unspecified atom stereocenters. The van der Waals surface area contributed by atoms with Crippen molar-refractivity contribution in [3.05, 3.63) is 34.9 Å². The van der Waals surface area contributed by atoms with Gasteiger partial charge in [0.25, 0.3) is 0 Å². The van der Waals surface area contributed by atoms with Crippen LogP contribution in [-0.2, 0) is 11.2 Å². The molecule has 0 saturated carbocycles. The summed E-state index contributed by atoms with van der Waals surface area (Å²) >= 11 is 6.10. The minimum atomic E-state index is 0.0856. The zero-order valence-electron chi connectivity index (χ0n) is 9.21. The van der Waals surface area contributed by atoms with Crippen molar-refractivity contribution in [2.24, 2.45) is 5.92 Å². The summed E-state index contributed by atoms with van der Waals surface area (Å²) in [6.07, 6.45) is 3.93. The molecule has 16 heavy (non-hydrogen) atoms. The predicted molar refractivity (Wildman–Crippen MR) is 65.5 cm³/mol. The Morgan fingerprint density at radius 3 is 2.94 bits per heavy atom. The molecule has 1 amide bonds. The fourth-order valence-electron chi connectivity index (χ4n) is 2.13. The van der Waals surface area contributed by atoms with E-state index in [-0.39, 0.29) is 11.8 Å². The van der Waals surface area contributed by atoms with Crippen molar-refractivity contribution in [3.63, 3.8) is 0 Å². The van der Waals surface area contributed by atoms with Crippen molar-refractivity contribution in [1.82, 2.24) is 5.32 Å². The minimum Gasteiger partial charge on any atom is -0.356 e. The van der Waals surface area contributed by atoms with Gasteiger partial charge in [0.15, 0.2) is 0 Å². The summed E-state index contributed by atoms with van der Waals surface area (Å²) in [6.45, 7) is 0.817. The summed E-state index contributed by atoms with van der Waals surface area (Å²) in [5, 5.41) is 3.72. The number of nitrogens with one attached hydrogen (secondary N) is 1. The molecule has 1 atom stereocenters. The van der Waals surface area contributed by atoms with Crippen LogP contribution < -0.4 is 5.32 Å². The van der Waals surface area contributed by atoms with E-state index in [9.17, 15) is 4.79 Å². The highest BCUT2D eigenvalue weighted by molar-refractivity contribution is 6.31. The predicted octanol–water partition coefficient (Wildman–Crippen LogP) is 2.80. The number of rotatable bonds is 2. The molecule has 1 fully saturated rings. The lowest BCUT2D eigenvalue weighted by Crippen LogP contribution is -2.30. The molecule has 1 aromatic carbocycles. The van der Waals surface area contributed by atoms with Crippen molar-refractivity contribution < 1.29 is 4.79 Å². The first-order valence-electron chi connectivity index (χ1n) is 5.78. The summed E-state index contributed by atoms with van der Waals surface area (Å²) in [6, 6.07) is 7.76. The molecule has 2 rings (SSSR count). The quantitative estimate of drug-likeness (QED) is 0.842. The zero-order valence-corrected chi connectivity index (χ0v) is 9.96. The molecule has 86 valence electrons. The number of benzene rings is 1. The normalized spacial score (nSPS) is 21.3. The van der Waals surface area contributed by atoms with Crippen LogP contribution in [0.25, 0.3) is 0 Å². The second-order valence-electron chi connectivity index (χ2n) is 4.28. The molecule has 2 nitrogen and oxygen atoms in total. The number of halogens is 1. The van der Waals surface area contributed by atoms with Gasteiger partial charge in [-0.25, -0.2) is 0 Å². The topological polar surface area (TPSA) is 29.1 Å². The van der Waals surface area contributed by atoms with Crippen LogP contribution in [0.5, 0.6) is 0 Å². The van der Waals surface area contributed by atoms with E-state index in [1.165, 1.54) is 0 Å². The molecule has 1 aromatic rings. The van der Waals surface area contributed by atoms with E-state index in [1.54, 1.807) is 0 Å². The van der Waals surface area contributed by atoms with Gasteiger partial charge in [-0.3, -0.25) is 4.79 Å². The summed E-state index contributed by atoms with van der Waals surface area (Å²) in [4.78, 5) is 11.8. The molecule has 1 saturated heterocycles. The molecule has 0 aromatic heterocycles. The third-order valence-corrected chi connectivity index (χ3v) is 3.44. The summed E-state index contributed by atoms with van der Waals surface area (Å²) in [5.74, 6) is 0.264. The maximum Gasteiger partial charge on any atom is 0.223 e.